The molecule has 0 saturated carbocycles. The fourth-order valence-electron chi connectivity index (χ4n) is 3.65. The van der Waals surface area contributed by atoms with Crippen molar-refractivity contribution in [3.8, 4) is 5.75 Å². The van der Waals surface area contributed by atoms with Gasteiger partial charge < -0.3 is 9.47 Å². The van der Waals surface area contributed by atoms with Crippen LogP contribution in [-0.4, -0.2) is 56.0 Å². The summed E-state index contributed by atoms with van der Waals surface area (Å²) in [7, 11) is -1.97. The molecule has 6 nitrogen and oxygen atoms in total. The van der Waals surface area contributed by atoms with Crippen molar-refractivity contribution in [1.29, 1.82) is 0 Å². The first-order chi connectivity index (χ1) is 13.3. The van der Waals surface area contributed by atoms with E-state index in [9.17, 15) is 8.42 Å². The van der Waals surface area contributed by atoms with Gasteiger partial charge in [-0.05, 0) is 37.1 Å². The van der Waals surface area contributed by atoms with Crippen molar-refractivity contribution in [3.63, 3.8) is 0 Å². The lowest BCUT2D eigenvalue weighted by Crippen LogP contribution is -2.52. The molecular weight excluding hydrogens is 376 g/mol. The second-order valence-electron chi connectivity index (χ2n) is 7.45. The molecule has 0 amide bonds. The number of hydrogen-bond acceptors (Lipinski definition) is 4. The SMILES string of the molecule is CCCOc1ccc2ccccc2c1CN(C)S(=O)(=O)N1C[C@H](C)O[C@@H](C)C1. The Morgan fingerprint density at radius 3 is 2.50 bits per heavy atom. The molecule has 154 valence electrons. The molecular formula is C21H30N2O4S. The maximum Gasteiger partial charge on any atom is 0.282 e. The van der Waals surface area contributed by atoms with E-state index >= 15 is 0 Å². The van der Waals surface area contributed by atoms with Gasteiger partial charge in [-0.2, -0.15) is 17.0 Å². The number of benzene rings is 2. The van der Waals surface area contributed by atoms with Gasteiger partial charge in [0.1, 0.15) is 5.75 Å². The van der Waals surface area contributed by atoms with E-state index in [0.29, 0.717) is 19.7 Å². The monoisotopic (exact) mass is 406 g/mol. The lowest BCUT2D eigenvalue weighted by Gasteiger charge is -2.36. The van der Waals surface area contributed by atoms with Crippen LogP contribution in [0.1, 0.15) is 32.8 Å². The van der Waals surface area contributed by atoms with Crippen LogP contribution in [0.5, 0.6) is 5.75 Å². The topological polar surface area (TPSA) is 59.1 Å². The maximum atomic E-state index is 13.2. The normalized spacial score (nSPS) is 21.3. The van der Waals surface area contributed by atoms with E-state index in [1.807, 2.05) is 50.2 Å². The summed E-state index contributed by atoms with van der Waals surface area (Å²) in [6.07, 6.45) is 0.658. The maximum absolute atomic E-state index is 13.2. The molecule has 0 bridgehead atoms. The van der Waals surface area contributed by atoms with Crippen LogP contribution in [0.15, 0.2) is 36.4 Å². The quantitative estimate of drug-likeness (QED) is 0.707. The summed E-state index contributed by atoms with van der Waals surface area (Å²) in [5, 5.41) is 2.09. The van der Waals surface area contributed by atoms with E-state index < -0.39 is 10.2 Å². The average molecular weight is 407 g/mol. The van der Waals surface area contributed by atoms with Crippen LogP contribution < -0.4 is 4.74 Å². The predicted octanol–water partition coefficient (Wildman–Crippen LogP) is 3.41. The van der Waals surface area contributed by atoms with Crippen LogP contribution in [0.25, 0.3) is 10.8 Å². The third-order valence-electron chi connectivity index (χ3n) is 4.95. The van der Waals surface area contributed by atoms with Crippen molar-refractivity contribution in [2.75, 3.05) is 26.7 Å². The molecule has 0 aromatic heterocycles. The zero-order valence-electron chi connectivity index (χ0n) is 17.1. The second kappa shape index (κ2) is 8.78. The van der Waals surface area contributed by atoms with Crippen molar-refractivity contribution in [2.24, 2.45) is 0 Å². The number of fused-ring (bicyclic) bond motifs is 1. The van der Waals surface area contributed by atoms with Crippen molar-refractivity contribution in [3.05, 3.63) is 42.0 Å². The van der Waals surface area contributed by atoms with Gasteiger partial charge in [-0.15, -0.1) is 0 Å². The minimum Gasteiger partial charge on any atom is -0.493 e. The summed E-state index contributed by atoms with van der Waals surface area (Å²) in [5.41, 5.74) is 0.895. The van der Waals surface area contributed by atoms with Gasteiger partial charge >= 0.3 is 0 Å². The van der Waals surface area contributed by atoms with E-state index in [1.54, 1.807) is 7.05 Å². The van der Waals surface area contributed by atoms with Gasteiger partial charge in [-0.3, -0.25) is 0 Å². The summed E-state index contributed by atoms with van der Waals surface area (Å²) < 4.78 is 40.9. The Hall–Kier alpha value is -1.67. The number of nitrogens with zero attached hydrogens (tertiary/aromatic N) is 2. The van der Waals surface area contributed by atoms with Crippen LogP contribution in [0.2, 0.25) is 0 Å². The summed E-state index contributed by atoms with van der Waals surface area (Å²) in [6.45, 7) is 7.44. The first-order valence-corrected chi connectivity index (χ1v) is 11.2. The van der Waals surface area contributed by atoms with Gasteiger partial charge in [0.15, 0.2) is 0 Å². The molecule has 2 aromatic carbocycles. The van der Waals surface area contributed by atoms with Crippen LogP contribution in [-0.2, 0) is 21.5 Å². The molecule has 0 unspecified atom stereocenters. The Kier molecular flexibility index (Phi) is 6.60. The number of ether oxygens (including phenoxy) is 2. The Morgan fingerprint density at radius 2 is 1.82 bits per heavy atom. The van der Waals surface area contributed by atoms with E-state index in [0.717, 1.165) is 28.5 Å². The van der Waals surface area contributed by atoms with Crippen molar-refractivity contribution >= 4 is 21.0 Å². The van der Waals surface area contributed by atoms with E-state index in [4.69, 9.17) is 9.47 Å². The fourth-order valence-corrected chi connectivity index (χ4v) is 5.13. The predicted molar refractivity (Wildman–Crippen MR) is 112 cm³/mol. The van der Waals surface area contributed by atoms with Gasteiger partial charge in [-0.25, -0.2) is 0 Å². The molecule has 7 heteroatoms. The first kappa shape index (κ1) is 21.0. The van der Waals surface area contributed by atoms with Gasteiger partial charge in [0.2, 0.25) is 0 Å². The minimum absolute atomic E-state index is 0.118. The van der Waals surface area contributed by atoms with Crippen LogP contribution in [0, 0.1) is 0 Å². The molecule has 1 saturated heterocycles. The largest absolute Gasteiger partial charge is 0.493 e. The summed E-state index contributed by atoms with van der Waals surface area (Å²) >= 11 is 0. The highest BCUT2D eigenvalue weighted by Gasteiger charge is 2.34. The standard InChI is InChI=1S/C21H30N2O4S/c1-5-12-26-21-11-10-18-8-6-7-9-19(18)20(21)15-22(4)28(24,25)23-13-16(2)27-17(3)14-23/h6-11,16-17H,5,12-15H2,1-4H3/t16-,17-/m0/s1. The molecule has 0 spiro atoms. The van der Waals surface area contributed by atoms with Crippen molar-refractivity contribution < 1.29 is 17.9 Å². The molecule has 0 N–H and O–H groups in total. The molecule has 2 atom stereocenters. The Labute approximate surface area is 168 Å². The van der Waals surface area contributed by atoms with Crippen molar-refractivity contribution in [2.45, 2.75) is 45.9 Å². The zero-order valence-corrected chi connectivity index (χ0v) is 17.9. The first-order valence-electron chi connectivity index (χ1n) is 9.83. The second-order valence-corrected chi connectivity index (χ2v) is 9.49. The number of hydrogen-bond donors (Lipinski definition) is 0. The molecule has 1 aliphatic rings. The molecule has 3 rings (SSSR count). The molecule has 1 fully saturated rings. The summed E-state index contributed by atoms with van der Waals surface area (Å²) in [6, 6.07) is 12.0. The van der Waals surface area contributed by atoms with E-state index in [1.165, 1.54) is 8.61 Å². The van der Waals surface area contributed by atoms with Crippen LogP contribution >= 0.6 is 0 Å². The van der Waals surface area contributed by atoms with Gasteiger partial charge in [0, 0.05) is 32.2 Å². The molecule has 0 radical (unpaired) electrons. The molecule has 1 heterocycles. The number of morpholine rings is 1. The smallest absolute Gasteiger partial charge is 0.282 e. The zero-order chi connectivity index (χ0) is 20.3. The summed E-state index contributed by atoms with van der Waals surface area (Å²) in [5.74, 6) is 0.742. The summed E-state index contributed by atoms with van der Waals surface area (Å²) in [4.78, 5) is 0. The van der Waals surface area contributed by atoms with E-state index in [2.05, 4.69) is 6.92 Å². The van der Waals surface area contributed by atoms with Gasteiger partial charge in [-0.1, -0.05) is 37.3 Å². The Balaban J connectivity index is 1.92. The third-order valence-corrected chi connectivity index (χ3v) is 6.81. The lowest BCUT2D eigenvalue weighted by molar-refractivity contribution is -0.0453. The molecule has 1 aliphatic heterocycles. The van der Waals surface area contributed by atoms with Gasteiger partial charge in [0.05, 0.1) is 18.8 Å². The molecule has 0 aliphatic carbocycles. The fraction of sp³-hybridized carbons (Fsp3) is 0.524. The number of rotatable bonds is 7. The van der Waals surface area contributed by atoms with Crippen LogP contribution in [0.4, 0.5) is 0 Å². The minimum atomic E-state index is -3.60. The van der Waals surface area contributed by atoms with Crippen LogP contribution in [0.3, 0.4) is 0 Å². The highest BCUT2D eigenvalue weighted by Crippen LogP contribution is 2.30. The van der Waals surface area contributed by atoms with Gasteiger partial charge in [0.25, 0.3) is 10.2 Å². The molecule has 28 heavy (non-hydrogen) atoms. The average Bonchev–Trinajstić information content (AvgIpc) is 2.66. The Morgan fingerprint density at radius 1 is 1.14 bits per heavy atom. The molecule has 2 aromatic rings. The Bertz CT molecular complexity index is 906. The van der Waals surface area contributed by atoms with Crippen molar-refractivity contribution in [1.82, 2.24) is 8.61 Å². The van der Waals surface area contributed by atoms with E-state index in [-0.39, 0.29) is 18.8 Å². The third kappa shape index (κ3) is 4.49. The highest BCUT2D eigenvalue weighted by atomic mass is 32.2. The lowest BCUT2D eigenvalue weighted by atomic mass is 10.0. The highest BCUT2D eigenvalue weighted by molar-refractivity contribution is 7.86.